The standard InChI is InChI=1S/C24H27NSSi/c1-6-17-13-15-18(16-14-17)25(2)21-11-7-9-19-20-10-8-12-22(27(3,4)5)24(20)26-23(19)21/h7-16H,6H2,1-5H3. The van der Waals surface area contributed by atoms with Gasteiger partial charge in [0, 0.05) is 28.2 Å². The molecule has 0 amide bonds. The number of rotatable bonds is 4. The minimum absolute atomic E-state index is 1.08. The van der Waals surface area contributed by atoms with Crippen LogP contribution >= 0.6 is 11.3 Å². The van der Waals surface area contributed by atoms with Crippen molar-refractivity contribution in [3.05, 3.63) is 66.2 Å². The van der Waals surface area contributed by atoms with E-state index in [2.05, 4.69) is 99.2 Å². The lowest BCUT2D eigenvalue weighted by atomic mass is 10.1. The first-order valence-electron chi connectivity index (χ1n) is 9.67. The molecule has 0 unspecified atom stereocenters. The monoisotopic (exact) mass is 389 g/mol. The molecule has 1 nitrogen and oxygen atoms in total. The van der Waals surface area contributed by atoms with Crippen molar-refractivity contribution in [3.8, 4) is 0 Å². The van der Waals surface area contributed by atoms with E-state index in [9.17, 15) is 0 Å². The van der Waals surface area contributed by atoms with Gasteiger partial charge in [0.1, 0.15) is 0 Å². The fourth-order valence-corrected chi connectivity index (χ4v) is 7.51. The molecule has 0 spiro atoms. The molecule has 138 valence electrons. The van der Waals surface area contributed by atoms with Crippen molar-refractivity contribution in [2.75, 3.05) is 11.9 Å². The number of nitrogens with zero attached hydrogens (tertiary/aromatic N) is 1. The number of hydrogen-bond donors (Lipinski definition) is 0. The summed E-state index contributed by atoms with van der Waals surface area (Å²) in [6, 6.07) is 22.5. The van der Waals surface area contributed by atoms with Gasteiger partial charge in [-0.2, -0.15) is 0 Å². The van der Waals surface area contributed by atoms with Gasteiger partial charge in [0.25, 0.3) is 0 Å². The number of aryl methyl sites for hydroxylation is 1. The lowest BCUT2D eigenvalue weighted by Gasteiger charge is -2.20. The van der Waals surface area contributed by atoms with Crippen LogP contribution in [0.5, 0.6) is 0 Å². The maximum atomic E-state index is 2.44. The minimum Gasteiger partial charge on any atom is -0.343 e. The Balaban J connectivity index is 1.91. The molecule has 0 saturated heterocycles. The predicted octanol–water partition coefficient (Wildman–Crippen LogP) is 6.93. The van der Waals surface area contributed by atoms with Gasteiger partial charge in [-0.1, -0.05) is 69.0 Å². The molecule has 0 N–H and O–H groups in total. The molecule has 0 aliphatic heterocycles. The number of hydrogen-bond acceptors (Lipinski definition) is 2. The zero-order valence-corrected chi connectivity index (χ0v) is 18.7. The highest BCUT2D eigenvalue weighted by molar-refractivity contribution is 7.28. The highest BCUT2D eigenvalue weighted by atomic mass is 32.1. The van der Waals surface area contributed by atoms with Crippen molar-refractivity contribution in [2.45, 2.75) is 33.0 Å². The lowest BCUT2D eigenvalue weighted by molar-refractivity contribution is 1.13. The van der Waals surface area contributed by atoms with Crippen LogP contribution in [-0.2, 0) is 6.42 Å². The second-order valence-corrected chi connectivity index (χ2v) is 14.3. The number of benzene rings is 3. The number of anilines is 2. The zero-order valence-electron chi connectivity index (χ0n) is 16.8. The quantitative estimate of drug-likeness (QED) is 0.342. The molecule has 0 atom stereocenters. The summed E-state index contributed by atoms with van der Waals surface area (Å²) in [4.78, 5) is 2.32. The van der Waals surface area contributed by atoms with E-state index in [1.807, 2.05) is 11.3 Å². The van der Waals surface area contributed by atoms with Crippen LogP contribution in [0, 0.1) is 0 Å². The van der Waals surface area contributed by atoms with Crippen molar-refractivity contribution >= 4 is 56.1 Å². The molecule has 0 bridgehead atoms. The van der Waals surface area contributed by atoms with E-state index < -0.39 is 8.07 Å². The van der Waals surface area contributed by atoms with Crippen molar-refractivity contribution in [3.63, 3.8) is 0 Å². The molecule has 0 saturated carbocycles. The van der Waals surface area contributed by atoms with Gasteiger partial charge in [-0.25, -0.2) is 0 Å². The number of fused-ring (bicyclic) bond motifs is 3. The molecule has 0 aliphatic carbocycles. The first-order chi connectivity index (χ1) is 12.9. The molecule has 4 rings (SSSR count). The second kappa shape index (κ2) is 6.81. The average Bonchev–Trinajstić information content (AvgIpc) is 3.05. The van der Waals surface area contributed by atoms with E-state index in [0.29, 0.717) is 0 Å². The highest BCUT2D eigenvalue weighted by Gasteiger charge is 2.22. The van der Waals surface area contributed by atoms with Crippen LogP contribution in [0.2, 0.25) is 19.6 Å². The van der Waals surface area contributed by atoms with Crippen LogP contribution in [0.4, 0.5) is 11.4 Å². The summed E-state index contributed by atoms with van der Waals surface area (Å²) < 4.78 is 2.87. The molecular weight excluding hydrogens is 362 g/mol. The SMILES string of the molecule is CCc1ccc(N(C)c2cccc3c2sc2c([Si](C)(C)C)cccc23)cc1. The van der Waals surface area contributed by atoms with E-state index in [1.54, 1.807) is 5.19 Å². The van der Waals surface area contributed by atoms with Crippen molar-refractivity contribution in [1.29, 1.82) is 0 Å². The Morgan fingerprint density at radius 1 is 0.815 bits per heavy atom. The second-order valence-electron chi connectivity index (χ2n) is 8.27. The Morgan fingerprint density at radius 2 is 1.44 bits per heavy atom. The van der Waals surface area contributed by atoms with Gasteiger partial charge >= 0.3 is 0 Å². The van der Waals surface area contributed by atoms with Gasteiger partial charge in [-0.3, -0.25) is 0 Å². The summed E-state index contributed by atoms with van der Waals surface area (Å²) in [6.07, 6.45) is 1.08. The lowest BCUT2D eigenvalue weighted by Crippen LogP contribution is -2.37. The Labute approximate surface area is 167 Å². The fourth-order valence-electron chi connectivity index (χ4n) is 3.75. The third-order valence-corrected chi connectivity index (χ3v) is 8.90. The largest absolute Gasteiger partial charge is 0.343 e. The predicted molar refractivity (Wildman–Crippen MR) is 126 cm³/mol. The molecule has 27 heavy (non-hydrogen) atoms. The normalized spacial score (nSPS) is 12.0. The maximum absolute atomic E-state index is 2.44. The Morgan fingerprint density at radius 3 is 2.07 bits per heavy atom. The van der Waals surface area contributed by atoms with Crippen LogP contribution in [0.25, 0.3) is 20.2 Å². The van der Waals surface area contributed by atoms with Gasteiger partial charge < -0.3 is 4.90 Å². The molecule has 4 aromatic rings. The number of thiophene rings is 1. The molecule has 3 aromatic carbocycles. The summed E-state index contributed by atoms with van der Waals surface area (Å²) in [5, 5.41) is 4.36. The third kappa shape index (κ3) is 3.19. The van der Waals surface area contributed by atoms with E-state index >= 15 is 0 Å². The Kier molecular flexibility index (Phi) is 4.61. The molecule has 0 radical (unpaired) electrons. The van der Waals surface area contributed by atoms with E-state index in [-0.39, 0.29) is 0 Å². The topological polar surface area (TPSA) is 3.24 Å². The van der Waals surface area contributed by atoms with Crippen LogP contribution in [0.15, 0.2) is 60.7 Å². The zero-order chi connectivity index (χ0) is 19.2. The maximum Gasteiger partial charge on any atom is 0.0794 e. The minimum atomic E-state index is -1.38. The van der Waals surface area contributed by atoms with Gasteiger partial charge in [0.2, 0.25) is 0 Å². The fraction of sp³-hybridized carbons (Fsp3) is 0.250. The summed E-state index contributed by atoms with van der Waals surface area (Å²) in [5.41, 5.74) is 3.91. The Hall–Kier alpha value is -2.10. The van der Waals surface area contributed by atoms with Gasteiger partial charge in [0.15, 0.2) is 0 Å². The molecule has 3 heteroatoms. The van der Waals surface area contributed by atoms with Crippen molar-refractivity contribution in [1.82, 2.24) is 0 Å². The smallest absolute Gasteiger partial charge is 0.0794 e. The van der Waals surface area contributed by atoms with Crippen LogP contribution < -0.4 is 10.1 Å². The first-order valence-corrected chi connectivity index (χ1v) is 14.0. The highest BCUT2D eigenvalue weighted by Crippen LogP contribution is 2.40. The van der Waals surface area contributed by atoms with Gasteiger partial charge in [-0.05, 0) is 35.4 Å². The molecule has 0 fully saturated rings. The molecule has 0 aliphatic rings. The van der Waals surface area contributed by atoms with Gasteiger partial charge in [0.05, 0.1) is 18.5 Å². The summed E-state index contributed by atoms with van der Waals surface area (Å²) in [7, 11) is 0.797. The van der Waals surface area contributed by atoms with Gasteiger partial charge in [-0.15, -0.1) is 11.3 Å². The summed E-state index contributed by atoms with van der Waals surface area (Å²) in [5.74, 6) is 0. The molecule has 1 heterocycles. The van der Waals surface area contributed by atoms with E-state index in [4.69, 9.17) is 0 Å². The van der Waals surface area contributed by atoms with Crippen LogP contribution in [0.1, 0.15) is 12.5 Å². The first kappa shape index (κ1) is 18.3. The molecule has 1 aromatic heterocycles. The third-order valence-electron chi connectivity index (χ3n) is 5.40. The summed E-state index contributed by atoms with van der Waals surface area (Å²) in [6.45, 7) is 9.52. The van der Waals surface area contributed by atoms with E-state index in [0.717, 1.165) is 6.42 Å². The van der Waals surface area contributed by atoms with Crippen molar-refractivity contribution in [2.24, 2.45) is 0 Å². The van der Waals surface area contributed by atoms with Crippen molar-refractivity contribution < 1.29 is 0 Å². The van der Waals surface area contributed by atoms with Crippen LogP contribution in [-0.4, -0.2) is 15.1 Å². The molecular formula is C24H27NSSi. The summed E-state index contributed by atoms with van der Waals surface area (Å²) >= 11 is 1.97. The van der Waals surface area contributed by atoms with Crippen LogP contribution in [0.3, 0.4) is 0 Å². The van der Waals surface area contributed by atoms with E-state index in [1.165, 1.54) is 37.1 Å². The average molecular weight is 390 g/mol. The Bertz CT molecular complexity index is 1100.